The Hall–Kier alpha value is -7.29. The van der Waals surface area contributed by atoms with Gasteiger partial charge in [0, 0.05) is 43.4 Å². The van der Waals surface area contributed by atoms with Gasteiger partial charge in [0.15, 0.2) is 0 Å². The van der Waals surface area contributed by atoms with E-state index in [4.69, 9.17) is 22.3 Å². The molecule has 4 amide bonds. The Morgan fingerprint density at radius 1 is 0.625 bits per heavy atom. The molecule has 1 aromatic heterocycles. The SMILES string of the molecule is CCCCCCCC(=O)NCCCCC(NC(=O)C(N)Cc1cn(C(c2ccccc2)(c2ccccc2)c2ccccc2)cn1)C(=O)NC(Cc1ccc(Cl)cc1)C(=O)N[C@@H](Cc1ccc(O)cc1)C(=O)O. The van der Waals surface area contributed by atoms with Gasteiger partial charge in [-0.05, 0) is 77.8 Å². The van der Waals surface area contributed by atoms with E-state index >= 15 is 0 Å². The Kier molecular flexibility index (Phi) is 20.5. The van der Waals surface area contributed by atoms with Crippen LogP contribution in [0.15, 0.2) is 152 Å². The number of nitrogens with one attached hydrogen (secondary N) is 4. The standard InChI is InChI=1S/C57H66ClN7O7/c1-2-3-4-5-15-25-52(67)60-34-17-16-24-49(54(69)63-50(35-40-26-30-45(58)31-27-40)55(70)64-51(56(71)72)36-41-28-32-47(66)33-29-41)62-53(68)48(59)37-46-38-65(39-61-46)57(42-18-9-6-10-19-42,43-20-11-7-12-21-43)44-22-13-8-14-23-44/h6-14,18-23,26-33,38-39,48-51,66H,2-5,15-17,24-25,34-37,59H2,1H3,(H,60,67)(H,62,68)(H,63,69)(H,64,70)(H,71,72)/t48?,49?,50?,51-/m0/s1. The number of phenolic OH excluding ortho intramolecular Hbond substituents is 1. The Balaban J connectivity index is 1.21. The summed E-state index contributed by atoms with van der Waals surface area (Å²) >= 11 is 6.17. The summed E-state index contributed by atoms with van der Waals surface area (Å²) in [5.74, 6) is -3.42. The molecule has 5 aromatic carbocycles. The van der Waals surface area contributed by atoms with Crippen LogP contribution in [0.3, 0.4) is 0 Å². The predicted molar refractivity (Wildman–Crippen MR) is 279 cm³/mol. The smallest absolute Gasteiger partial charge is 0.326 e. The summed E-state index contributed by atoms with van der Waals surface area (Å²) in [5.41, 5.74) is 10.5. The van der Waals surface area contributed by atoms with E-state index < -0.39 is 53.4 Å². The van der Waals surface area contributed by atoms with E-state index in [2.05, 4.69) is 64.6 Å². The fourth-order valence-electron chi connectivity index (χ4n) is 8.86. The molecular formula is C57H66ClN7O7. The number of unbranched alkanes of at least 4 members (excludes halogenated alkanes) is 5. The number of nitrogens with two attached hydrogens (primary N) is 1. The number of hydrogen-bond acceptors (Lipinski definition) is 8. The van der Waals surface area contributed by atoms with Crippen molar-refractivity contribution in [3.05, 3.63) is 191 Å². The molecule has 0 bridgehead atoms. The number of aliphatic carboxylic acids is 1. The normalized spacial score (nSPS) is 13.0. The summed E-state index contributed by atoms with van der Waals surface area (Å²) in [6.45, 7) is 2.51. The highest BCUT2D eigenvalue weighted by atomic mass is 35.5. The maximum absolute atomic E-state index is 14.5. The fourth-order valence-corrected chi connectivity index (χ4v) is 8.99. The first kappa shape index (κ1) is 54.1. The van der Waals surface area contributed by atoms with Crippen molar-refractivity contribution in [1.82, 2.24) is 30.8 Å². The van der Waals surface area contributed by atoms with Crippen LogP contribution in [0.5, 0.6) is 5.75 Å². The van der Waals surface area contributed by atoms with Crippen LogP contribution in [0.4, 0.5) is 0 Å². The van der Waals surface area contributed by atoms with Gasteiger partial charge < -0.3 is 41.8 Å². The first-order valence-corrected chi connectivity index (χ1v) is 25.1. The number of phenols is 1. The number of carboxylic acids is 1. The van der Waals surface area contributed by atoms with Gasteiger partial charge >= 0.3 is 5.97 Å². The number of carboxylic acid groups (broad SMARTS) is 1. The minimum absolute atomic E-state index is 0.00394. The number of amides is 4. The number of carbonyl (C=O) groups is 5. The van der Waals surface area contributed by atoms with Gasteiger partial charge in [-0.3, -0.25) is 19.2 Å². The summed E-state index contributed by atoms with van der Waals surface area (Å²) in [4.78, 5) is 72.5. The zero-order chi connectivity index (χ0) is 51.3. The summed E-state index contributed by atoms with van der Waals surface area (Å²) < 4.78 is 2.03. The number of rotatable bonds is 28. The highest BCUT2D eigenvalue weighted by Crippen LogP contribution is 2.40. The van der Waals surface area contributed by atoms with Gasteiger partial charge in [0.05, 0.1) is 18.1 Å². The van der Waals surface area contributed by atoms with Gasteiger partial charge in [0.25, 0.3) is 0 Å². The van der Waals surface area contributed by atoms with Crippen LogP contribution in [0, 0.1) is 0 Å². The lowest BCUT2D eigenvalue weighted by Crippen LogP contribution is -2.58. The molecule has 378 valence electrons. The summed E-state index contributed by atoms with van der Waals surface area (Å²) in [6.07, 6.45) is 10.1. The number of nitrogens with zero attached hydrogens (tertiary/aromatic N) is 2. The summed E-state index contributed by atoms with van der Waals surface area (Å²) in [7, 11) is 0. The van der Waals surface area contributed by atoms with Gasteiger partial charge in [-0.1, -0.05) is 159 Å². The molecule has 14 nitrogen and oxygen atoms in total. The molecule has 3 unspecified atom stereocenters. The van der Waals surface area contributed by atoms with Crippen molar-refractivity contribution in [2.75, 3.05) is 6.54 Å². The molecule has 4 atom stereocenters. The highest BCUT2D eigenvalue weighted by molar-refractivity contribution is 6.30. The van der Waals surface area contributed by atoms with Crippen LogP contribution >= 0.6 is 11.6 Å². The second kappa shape index (κ2) is 27.4. The lowest BCUT2D eigenvalue weighted by Gasteiger charge is -2.37. The van der Waals surface area contributed by atoms with Crippen molar-refractivity contribution in [2.45, 2.75) is 114 Å². The lowest BCUT2D eigenvalue weighted by atomic mass is 9.77. The van der Waals surface area contributed by atoms with Gasteiger partial charge in [-0.25, -0.2) is 9.78 Å². The van der Waals surface area contributed by atoms with Gasteiger partial charge in [-0.15, -0.1) is 0 Å². The van der Waals surface area contributed by atoms with Crippen molar-refractivity contribution in [3.63, 3.8) is 0 Å². The maximum Gasteiger partial charge on any atom is 0.326 e. The first-order chi connectivity index (χ1) is 34.9. The van der Waals surface area contributed by atoms with Crippen molar-refractivity contribution in [1.29, 1.82) is 0 Å². The predicted octanol–water partition coefficient (Wildman–Crippen LogP) is 7.62. The van der Waals surface area contributed by atoms with Crippen LogP contribution in [0.2, 0.25) is 5.02 Å². The molecule has 15 heteroatoms. The number of aromatic nitrogens is 2. The zero-order valence-corrected chi connectivity index (χ0v) is 41.5. The van der Waals surface area contributed by atoms with E-state index in [0.29, 0.717) is 47.7 Å². The van der Waals surface area contributed by atoms with E-state index in [-0.39, 0.29) is 37.3 Å². The first-order valence-electron chi connectivity index (χ1n) is 24.8. The molecule has 0 aliphatic carbocycles. The van der Waals surface area contributed by atoms with Crippen LogP contribution in [0.25, 0.3) is 0 Å². The number of imidazole rings is 1. The Morgan fingerprint density at radius 2 is 1.14 bits per heavy atom. The molecule has 0 radical (unpaired) electrons. The second-order valence-electron chi connectivity index (χ2n) is 18.1. The monoisotopic (exact) mass is 995 g/mol. The van der Waals surface area contributed by atoms with Gasteiger partial charge in [0.1, 0.15) is 29.4 Å². The number of aromatic hydroxyl groups is 1. The number of halogens is 1. The van der Waals surface area contributed by atoms with Gasteiger partial charge in [-0.2, -0.15) is 0 Å². The molecule has 0 fully saturated rings. The number of hydrogen-bond donors (Lipinski definition) is 7. The minimum Gasteiger partial charge on any atom is -0.508 e. The zero-order valence-electron chi connectivity index (χ0n) is 40.7. The molecule has 0 aliphatic heterocycles. The molecule has 0 aliphatic rings. The van der Waals surface area contributed by atoms with Crippen molar-refractivity contribution in [3.8, 4) is 5.75 Å². The third-order valence-electron chi connectivity index (χ3n) is 12.7. The fraction of sp³-hybridized carbons (Fsp3) is 0.333. The minimum atomic E-state index is -1.38. The van der Waals surface area contributed by atoms with Crippen LogP contribution < -0.4 is 27.0 Å². The summed E-state index contributed by atoms with van der Waals surface area (Å²) in [5, 5.41) is 31.6. The molecule has 0 saturated heterocycles. The van der Waals surface area contributed by atoms with Crippen LogP contribution in [0.1, 0.15) is 98.2 Å². The van der Waals surface area contributed by atoms with Gasteiger partial charge in [0.2, 0.25) is 23.6 Å². The average Bonchev–Trinajstić information content (AvgIpc) is 3.85. The average molecular weight is 997 g/mol. The molecule has 0 spiro atoms. The van der Waals surface area contributed by atoms with Crippen LogP contribution in [-0.2, 0) is 48.8 Å². The highest BCUT2D eigenvalue weighted by Gasteiger charge is 2.39. The topological polar surface area (TPSA) is 218 Å². The Morgan fingerprint density at radius 3 is 1.71 bits per heavy atom. The van der Waals surface area contributed by atoms with E-state index in [1.54, 1.807) is 42.7 Å². The molecule has 8 N–H and O–H groups in total. The van der Waals surface area contributed by atoms with Crippen molar-refractivity contribution >= 4 is 41.2 Å². The van der Waals surface area contributed by atoms with E-state index in [9.17, 15) is 34.2 Å². The quantitative estimate of drug-likeness (QED) is 0.0190. The largest absolute Gasteiger partial charge is 0.508 e. The molecule has 0 saturated carbocycles. The number of carbonyl (C=O) groups excluding carboxylic acids is 4. The Bertz CT molecular complexity index is 2550. The maximum atomic E-state index is 14.5. The third-order valence-corrected chi connectivity index (χ3v) is 13.0. The molecule has 72 heavy (non-hydrogen) atoms. The van der Waals surface area contributed by atoms with E-state index in [0.717, 1.165) is 48.8 Å². The van der Waals surface area contributed by atoms with E-state index in [1.807, 2.05) is 65.4 Å². The Labute approximate surface area is 426 Å². The van der Waals surface area contributed by atoms with Crippen LogP contribution in [-0.4, -0.2) is 80.1 Å². The second-order valence-corrected chi connectivity index (χ2v) is 18.6. The molecule has 6 aromatic rings. The third kappa shape index (κ3) is 15.4. The molecule has 1 heterocycles. The molecule has 6 rings (SSSR count). The number of benzene rings is 5. The lowest BCUT2D eigenvalue weighted by molar-refractivity contribution is -0.142. The molecular weight excluding hydrogens is 930 g/mol. The van der Waals surface area contributed by atoms with E-state index in [1.165, 1.54) is 12.1 Å². The summed E-state index contributed by atoms with van der Waals surface area (Å²) in [6, 6.07) is 37.9. The van der Waals surface area contributed by atoms with Crippen molar-refractivity contribution < 1.29 is 34.2 Å². The van der Waals surface area contributed by atoms with Crippen molar-refractivity contribution in [2.24, 2.45) is 5.73 Å².